The third-order valence-electron chi connectivity index (χ3n) is 4.69. The number of rotatable bonds is 8. The molecule has 0 unspecified atom stereocenters. The summed E-state index contributed by atoms with van der Waals surface area (Å²) in [5, 5.41) is 10.3. The van der Waals surface area contributed by atoms with E-state index in [1.165, 1.54) is 12.1 Å². The van der Waals surface area contributed by atoms with E-state index in [1.54, 1.807) is 36.4 Å². The molecule has 3 rings (SSSR count). The number of benzene rings is 3. The molecule has 0 aliphatic heterocycles. The van der Waals surface area contributed by atoms with Crippen LogP contribution >= 0.6 is 0 Å². The standard InChI is InChI=1S/C25H24O4S/c1-4-8-19-16-21(23-10-6-7-11-24(23)26)17-20(9-5-2)25(19)29-30(27,28)22-14-12-18(3)13-15-22/h4-7,10-17,26H,1-2,8-9H2,3H3. The molecule has 0 amide bonds. The minimum absolute atomic E-state index is 0.0898. The van der Waals surface area contributed by atoms with Crippen molar-refractivity contribution in [2.24, 2.45) is 0 Å². The number of aromatic hydroxyl groups is 1. The lowest BCUT2D eigenvalue weighted by molar-refractivity contribution is 0.476. The highest BCUT2D eigenvalue weighted by atomic mass is 32.2. The van der Waals surface area contributed by atoms with Gasteiger partial charge in [-0.05, 0) is 55.7 Å². The van der Waals surface area contributed by atoms with Gasteiger partial charge in [0.15, 0.2) is 0 Å². The summed E-state index contributed by atoms with van der Waals surface area (Å²) in [5.74, 6) is 0.419. The van der Waals surface area contributed by atoms with Gasteiger partial charge in [-0.2, -0.15) is 8.42 Å². The maximum Gasteiger partial charge on any atom is 0.339 e. The van der Waals surface area contributed by atoms with Crippen LogP contribution in [0.15, 0.2) is 90.9 Å². The monoisotopic (exact) mass is 420 g/mol. The van der Waals surface area contributed by atoms with Crippen LogP contribution in [0.3, 0.4) is 0 Å². The molecule has 0 fully saturated rings. The molecule has 0 aliphatic carbocycles. The van der Waals surface area contributed by atoms with Crippen molar-refractivity contribution in [1.29, 1.82) is 0 Å². The van der Waals surface area contributed by atoms with Crippen molar-refractivity contribution in [3.8, 4) is 22.6 Å². The average molecular weight is 421 g/mol. The fourth-order valence-electron chi connectivity index (χ4n) is 3.21. The Morgan fingerprint density at radius 2 is 1.50 bits per heavy atom. The molecule has 3 aromatic carbocycles. The van der Waals surface area contributed by atoms with Gasteiger partial charge in [0.05, 0.1) is 0 Å². The summed E-state index contributed by atoms with van der Waals surface area (Å²) in [7, 11) is -4.02. The normalized spacial score (nSPS) is 11.1. The zero-order valence-electron chi connectivity index (χ0n) is 16.8. The fraction of sp³-hybridized carbons (Fsp3) is 0.120. The van der Waals surface area contributed by atoms with E-state index in [9.17, 15) is 13.5 Å². The van der Waals surface area contributed by atoms with Gasteiger partial charge in [-0.15, -0.1) is 13.2 Å². The van der Waals surface area contributed by atoms with Crippen molar-refractivity contribution in [1.82, 2.24) is 0 Å². The maximum absolute atomic E-state index is 12.9. The van der Waals surface area contributed by atoms with Gasteiger partial charge in [-0.3, -0.25) is 0 Å². The van der Waals surface area contributed by atoms with Crippen molar-refractivity contribution in [2.45, 2.75) is 24.7 Å². The fourth-order valence-corrected chi connectivity index (χ4v) is 4.21. The lowest BCUT2D eigenvalue weighted by Gasteiger charge is -2.17. The van der Waals surface area contributed by atoms with Crippen molar-refractivity contribution in [3.05, 3.63) is 103 Å². The van der Waals surface area contributed by atoms with Crippen LogP contribution in [0.25, 0.3) is 11.1 Å². The Kier molecular flexibility index (Phi) is 6.43. The molecule has 0 spiro atoms. The van der Waals surface area contributed by atoms with Gasteiger partial charge in [-0.25, -0.2) is 0 Å². The van der Waals surface area contributed by atoms with Crippen LogP contribution in [-0.4, -0.2) is 13.5 Å². The summed E-state index contributed by atoms with van der Waals surface area (Å²) >= 11 is 0. The summed E-state index contributed by atoms with van der Waals surface area (Å²) in [4.78, 5) is 0.0898. The topological polar surface area (TPSA) is 63.6 Å². The molecular weight excluding hydrogens is 396 g/mol. The molecular formula is C25H24O4S. The van der Waals surface area contributed by atoms with Crippen LogP contribution < -0.4 is 4.18 Å². The highest BCUT2D eigenvalue weighted by Crippen LogP contribution is 2.37. The third-order valence-corrected chi connectivity index (χ3v) is 5.92. The van der Waals surface area contributed by atoms with Crippen LogP contribution in [0, 0.1) is 6.92 Å². The summed E-state index contributed by atoms with van der Waals surface area (Å²) in [6.45, 7) is 9.45. The first-order chi connectivity index (χ1) is 14.4. The third kappa shape index (κ3) is 4.63. The van der Waals surface area contributed by atoms with E-state index >= 15 is 0 Å². The summed E-state index contributed by atoms with van der Waals surface area (Å²) in [6.07, 6.45) is 4.19. The van der Waals surface area contributed by atoms with Crippen molar-refractivity contribution in [3.63, 3.8) is 0 Å². The number of phenols is 1. The molecule has 0 atom stereocenters. The molecule has 1 N–H and O–H groups in total. The molecule has 5 heteroatoms. The van der Waals surface area contributed by atoms with Gasteiger partial charge in [0, 0.05) is 16.7 Å². The minimum Gasteiger partial charge on any atom is -0.507 e. The van der Waals surface area contributed by atoms with Crippen LogP contribution in [0.1, 0.15) is 16.7 Å². The van der Waals surface area contributed by atoms with E-state index in [1.807, 2.05) is 31.2 Å². The highest BCUT2D eigenvalue weighted by molar-refractivity contribution is 7.87. The Hall–Kier alpha value is -3.31. The first-order valence-corrected chi connectivity index (χ1v) is 10.9. The molecule has 4 nitrogen and oxygen atoms in total. The molecule has 0 heterocycles. The Morgan fingerprint density at radius 3 is 2.03 bits per heavy atom. The predicted molar refractivity (Wildman–Crippen MR) is 120 cm³/mol. The first-order valence-electron chi connectivity index (χ1n) is 9.53. The second-order valence-electron chi connectivity index (χ2n) is 6.98. The first kappa shape index (κ1) is 21.4. The minimum atomic E-state index is -4.02. The van der Waals surface area contributed by atoms with Gasteiger partial charge in [0.25, 0.3) is 0 Å². The molecule has 0 aromatic heterocycles. The van der Waals surface area contributed by atoms with Gasteiger partial charge in [0.2, 0.25) is 0 Å². The lowest BCUT2D eigenvalue weighted by Crippen LogP contribution is -2.12. The molecule has 30 heavy (non-hydrogen) atoms. The van der Waals surface area contributed by atoms with E-state index in [0.717, 1.165) is 11.1 Å². The lowest BCUT2D eigenvalue weighted by atomic mass is 9.95. The van der Waals surface area contributed by atoms with Gasteiger partial charge in [-0.1, -0.05) is 48.0 Å². The Labute approximate surface area is 177 Å². The Morgan fingerprint density at radius 1 is 0.933 bits per heavy atom. The molecule has 3 aromatic rings. The zero-order chi connectivity index (χ0) is 21.7. The maximum atomic E-state index is 12.9. The van der Waals surface area contributed by atoms with Crippen molar-refractivity contribution >= 4 is 10.1 Å². The number of phenolic OH excluding ortho intramolecular Hbond substituents is 1. The second kappa shape index (κ2) is 9.01. The van der Waals surface area contributed by atoms with Crippen LogP contribution in [0.2, 0.25) is 0 Å². The summed E-state index contributed by atoms with van der Waals surface area (Å²) in [5.41, 5.74) is 3.71. The van der Waals surface area contributed by atoms with Gasteiger partial charge < -0.3 is 9.29 Å². The van der Waals surface area contributed by atoms with Crippen molar-refractivity contribution in [2.75, 3.05) is 0 Å². The van der Waals surface area contributed by atoms with Crippen LogP contribution in [-0.2, 0) is 23.0 Å². The molecule has 0 radical (unpaired) electrons. The molecule has 0 saturated carbocycles. The number of para-hydroxylation sites is 1. The SMILES string of the molecule is C=CCc1cc(-c2ccccc2O)cc(CC=C)c1OS(=O)(=O)c1ccc(C)cc1. The van der Waals surface area contributed by atoms with E-state index in [0.29, 0.717) is 29.5 Å². The predicted octanol–water partition coefficient (Wildman–Crippen LogP) is 5.59. The van der Waals surface area contributed by atoms with E-state index in [4.69, 9.17) is 4.18 Å². The van der Waals surface area contributed by atoms with E-state index < -0.39 is 10.1 Å². The van der Waals surface area contributed by atoms with Gasteiger partial charge >= 0.3 is 10.1 Å². The number of allylic oxidation sites excluding steroid dienone is 2. The quantitative estimate of drug-likeness (QED) is 0.381. The number of aryl methyl sites for hydroxylation is 1. The van der Waals surface area contributed by atoms with Gasteiger partial charge in [0.1, 0.15) is 16.4 Å². The van der Waals surface area contributed by atoms with Crippen LogP contribution in [0.5, 0.6) is 11.5 Å². The highest BCUT2D eigenvalue weighted by Gasteiger charge is 2.22. The van der Waals surface area contributed by atoms with Crippen molar-refractivity contribution < 1.29 is 17.7 Å². The summed E-state index contributed by atoms with van der Waals surface area (Å²) < 4.78 is 31.5. The molecule has 0 aliphatic rings. The largest absolute Gasteiger partial charge is 0.507 e. The number of hydrogen-bond donors (Lipinski definition) is 1. The average Bonchev–Trinajstić information content (AvgIpc) is 2.71. The summed E-state index contributed by atoms with van der Waals surface area (Å²) in [6, 6.07) is 17.2. The molecule has 154 valence electrons. The smallest absolute Gasteiger partial charge is 0.339 e. The molecule has 0 bridgehead atoms. The van der Waals surface area contributed by atoms with Crippen LogP contribution in [0.4, 0.5) is 0 Å². The number of hydrogen-bond acceptors (Lipinski definition) is 4. The molecule has 0 saturated heterocycles. The zero-order valence-corrected chi connectivity index (χ0v) is 17.7. The van der Waals surface area contributed by atoms with E-state index in [-0.39, 0.29) is 16.4 Å². The Balaban J connectivity index is 2.15. The van der Waals surface area contributed by atoms with E-state index in [2.05, 4.69) is 13.2 Å². The Bertz CT molecular complexity index is 1150. The second-order valence-corrected chi connectivity index (χ2v) is 8.52.